The summed E-state index contributed by atoms with van der Waals surface area (Å²) in [5.41, 5.74) is 1.66. The van der Waals surface area contributed by atoms with E-state index < -0.39 is 0 Å². The van der Waals surface area contributed by atoms with Crippen LogP contribution >= 0.6 is 0 Å². The molecule has 58 valence electrons. The van der Waals surface area contributed by atoms with Crippen LogP contribution in [0.5, 0.6) is 0 Å². The molecule has 0 atom stereocenters. The molecule has 0 bridgehead atoms. The van der Waals surface area contributed by atoms with E-state index in [9.17, 15) is 4.39 Å². The van der Waals surface area contributed by atoms with E-state index in [2.05, 4.69) is 0 Å². The molecule has 0 saturated carbocycles. The average molecular weight is 150 g/mol. The molecule has 1 aromatic carbocycles. The van der Waals surface area contributed by atoms with Crippen LogP contribution < -0.4 is 0 Å². The van der Waals surface area contributed by atoms with Crippen molar-refractivity contribution in [3.8, 4) is 0 Å². The molecule has 11 heavy (non-hydrogen) atoms. The highest BCUT2D eigenvalue weighted by atomic mass is 19.1. The van der Waals surface area contributed by atoms with Crippen molar-refractivity contribution in [3.63, 3.8) is 0 Å². The highest BCUT2D eigenvalue weighted by Gasteiger charge is 1.96. The standard InChI is InChI=1S/C10H11F/c1-8(9(2)11)10-6-4-3-5-7-10/h3-7H,1-2H3/b9-8-. The van der Waals surface area contributed by atoms with E-state index in [-0.39, 0.29) is 5.83 Å². The lowest BCUT2D eigenvalue weighted by atomic mass is 10.1. The maximum absolute atomic E-state index is 12.7. The van der Waals surface area contributed by atoms with Crippen molar-refractivity contribution in [1.82, 2.24) is 0 Å². The Labute approximate surface area is 66.4 Å². The van der Waals surface area contributed by atoms with Crippen LogP contribution in [0.15, 0.2) is 36.2 Å². The first-order valence-electron chi connectivity index (χ1n) is 3.60. The summed E-state index contributed by atoms with van der Waals surface area (Å²) in [6, 6.07) is 9.53. The fraction of sp³-hybridized carbons (Fsp3) is 0.200. The van der Waals surface area contributed by atoms with Gasteiger partial charge in [0.1, 0.15) is 5.83 Å². The first-order chi connectivity index (χ1) is 5.22. The van der Waals surface area contributed by atoms with Crippen LogP contribution in [0.25, 0.3) is 5.57 Å². The van der Waals surface area contributed by atoms with Gasteiger partial charge in [0.15, 0.2) is 0 Å². The Bertz CT molecular complexity index is 255. The molecule has 0 heterocycles. The van der Waals surface area contributed by atoms with Crippen molar-refractivity contribution >= 4 is 5.57 Å². The molecular weight excluding hydrogens is 139 g/mol. The normalized spacial score (nSPS) is 12.6. The van der Waals surface area contributed by atoms with Gasteiger partial charge in [-0.15, -0.1) is 0 Å². The van der Waals surface area contributed by atoms with Crippen LogP contribution in [-0.2, 0) is 0 Å². The summed E-state index contributed by atoms with van der Waals surface area (Å²) in [6.07, 6.45) is 0. The van der Waals surface area contributed by atoms with E-state index in [0.717, 1.165) is 5.56 Å². The Morgan fingerprint density at radius 2 is 1.64 bits per heavy atom. The third-order valence-electron chi connectivity index (χ3n) is 1.72. The molecule has 0 saturated heterocycles. The van der Waals surface area contributed by atoms with Crippen LogP contribution in [0.2, 0.25) is 0 Å². The Kier molecular flexibility index (Phi) is 2.42. The fourth-order valence-electron chi connectivity index (χ4n) is 0.887. The zero-order valence-electron chi connectivity index (χ0n) is 6.76. The number of halogens is 1. The second kappa shape index (κ2) is 3.33. The number of allylic oxidation sites excluding steroid dienone is 2. The maximum Gasteiger partial charge on any atom is 0.100 e. The van der Waals surface area contributed by atoms with Crippen LogP contribution in [0.3, 0.4) is 0 Å². The molecule has 0 nitrogen and oxygen atoms in total. The third-order valence-corrected chi connectivity index (χ3v) is 1.72. The van der Waals surface area contributed by atoms with Gasteiger partial charge >= 0.3 is 0 Å². The van der Waals surface area contributed by atoms with E-state index in [1.165, 1.54) is 6.92 Å². The molecule has 0 spiro atoms. The Balaban J connectivity index is 3.04. The van der Waals surface area contributed by atoms with Gasteiger partial charge in [-0.1, -0.05) is 30.3 Å². The molecule has 0 amide bonds. The summed E-state index contributed by atoms with van der Waals surface area (Å²) in [5.74, 6) is -0.115. The molecule has 0 aliphatic carbocycles. The highest BCUT2D eigenvalue weighted by molar-refractivity contribution is 5.64. The Morgan fingerprint density at radius 3 is 2.09 bits per heavy atom. The van der Waals surface area contributed by atoms with Gasteiger partial charge in [0.25, 0.3) is 0 Å². The van der Waals surface area contributed by atoms with Gasteiger partial charge in [-0.05, 0) is 25.0 Å². The lowest BCUT2D eigenvalue weighted by molar-refractivity contribution is 0.643. The summed E-state index contributed by atoms with van der Waals surface area (Å²) in [7, 11) is 0. The molecule has 0 aliphatic rings. The van der Waals surface area contributed by atoms with Crippen molar-refractivity contribution < 1.29 is 4.39 Å². The zero-order valence-corrected chi connectivity index (χ0v) is 6.76. The molecule has 0 radical (unpaired) electrons. The van der Waals surface area contributed by atoms with E-state index in [1.807, 2.05) is 30.3 Å². The van der Waals surface area contributed by atoms with Crippen molar-refractivity contribution in [2.75, 3.05) is 0 Å². The monoisotopic (exact) mass is 150 g/mol. The van der Waals surface area contributed by atoms with Gasteiger partial charge in [-0.25, -0.2) is 4.39 Å². The van der Waals surface area contributed by atoms with Crippen molar-refractivity contribution in [2.24, 2.45) is 0 Å². The van der Waals surface area contributed by atoms with Gasteiger partial charge in [-0.2, -0.15) is 0 Å². The summed E-state index contributed by atoms with van der Waals surface area (Å²) in [4.78, 5) is 0. The summed E-state index contributed by atoms with van der Waals surface area (Å²) in [5, 5.41) is 0. The van der Waals surface area contributed by atoms with Crippen molar-refractivity contribution in [1.29, 1.82) is 0 Å². The number of hydrogen-bond donors (Lipinski definition) is 0. The van der Waals surface area contributed by atoms with Gasteiger partial charge in [-0.3, -0.25) is 0 Å². The quantitative estimate of drug-likeness (QED) is 0.575. The first kappa shape index (κ1) is 7.99. The van der Waals surface area contributed by atoms with Crippen LogP contribution in [0.1, 0.15) is 19.4 Å². The molecule has 1 aromatic rings. The lowest BCUT2D eigenvalue weighted by Crippen LogP contribution is -1.79. The van der Waals surface area contributed by atoms with Crippen LogP contribution in [0, 0.1) is 0 Å². The number of rotatable bonds is 1. The number of benzene rings is 1. The SMILES string of the molecule is C/C(F)=C(\C)c1ccccc1. The minimum Gasteiger partial charge on any atom is -0.212 e. The van der Waals surface area contributed by atoms with Gasteiger partial charge in [0.2, 0.25) is 0 Å². The molecule has 1 heteroatoms. The minimum atomic E-state index is -0.115. The Morgan fingerprint density at radius 1 is 1.09 bits per heavy atom. The highest BCUT2D eigenvalue weighted by Crippen LogP contribution is 2.17. The van der Waals surface area contributed by atoms with Crippen LogP contribution in [-0.4, -0.2) is 0 Å². The summed E-state index contributed by atoms with van der Waals surface area (Å²) < 4.78 is 12.7. The van der Waals surface area contributed by atoms with E-state index in [1.54, 1.807) is 6.92 Å². The third kappa shape index (κ3) is 1.90. The molecular formula is C10H11F. The summed E-state index contributed by atoms with van der Waals surface area (Å²) in [6.45, 7) is 3.26. The maximum atomic E-state index is 12.7. The van der Waals surface area contributed by atoms with Gasteiger partial charge < -0.3 is 0 Å². The van der Waals surface area contributed by atoms with Gasteiger partial charge in [0.05, 0.1) is 0 Å². The topological polar surface area (TPSA) is 0 Å². The molecule has 0 aromatic heterocycles. The van der Waals surface area contributed by atoms with Gasteiger partial charge in [0, 0.05) is 0 Å². The van der Waals surface area contributed by atoms with E-state index in [0.29, 0.717) is 5.57 Å². The lowest BCUT2D eigenvalue weighted by Gasteiger charge is -1.99. The molecule has 0 fully saturated rings. The zero-order chi connectivity index (χ0) is 8.27. The first-order valence-corrected chi connectivity index (χ1v) is 3.60. The second-order valence-corrected chi connectivity index (χ2v) is 2.52. The van der Waals surface area contributed by atoms with E-state index >= 15 is 0 Å². The second-order valence-electron chi connectivity index (χ2n) is 2.52. The molecule has 1 rings (SSSR count). The molecule has 0 aliphatic heterocycles. The fourth-order valence-corrected chi connectivity index (χ4v) is 0.887. The smallest absolute Gasteiger partial charge is 0.100 e. The van der Waals surface area contributed by atoms with Crippen LogP contribution in [0.4, 0.5) is 4.39 Å². The molecule has 0 unspecified atom stereocenters. The largest absolute Gasteiger partial charge is 0.212 e. The van der Waals surface area contributed by atoms with Crippen molar-refractivity contribution in [3.05, 3.63) is 41.7 Å². The number of hydrogen-bond acceptors (Lipinski definition) is 0. The molecule has 0 N–H and O–H groups in total. The van der Waals surface area contributed by atoms with Crippen molar-refractivity contribution in [2.45, 2.75) is 13.8 Å². The van der Waals surface area contributed by atoms with E-state index in [4.69, 9.17) is 0 Å². The predicted molar refractivity (Wildman–Crippen MR) is 45.8 cm³/mol. The predicted octanol–water partition coefficient (Wildman–Crippen LogP) is 3.41. The Hall–Kier alpha value is -1.11. The minimum absolute atomic E-state index is 0.115. The average Bonchev–Trinajstić information content (AvgIpc) is 2.05. The summed E-state index contributed by atoms with van der Waals surface area (Å²) >= 11 is 0.